The first-order valence-electron chi connectivity index (χ1n) is 7.86. The van der Waals surface area contributed by atoms with Gasteiger partial charge in [-0.25, -0.2) is 4.98 Å². The molecule has 1 aromatic carbocycles. The van der Waals surface area contributed by atoms with Crippen LogP contribution >= 0.6 is 23.1 Å². The Hall–Kier alpha value is -2.26. The summed E-state index contributed by atoms with van der Waals surface area (Å²) >= 11 is 2.71. The molecule has 2 aromatic rings. The zero-order chi connectivity index (χ0) is 19.1. The molecular weight excluding hydrogens is 374 g/mol. The minimum absolute atomic E-state index is 0.160. The van der Waals surface area contributed by atoms with Crippen LogP contribution in [0.2, 0.25) is 0 Å². The summed E-state index contributed by atoms with van der Waals surface area (Å²) in [5.41, 5.74) is 1.02. The molecular formula is C17H21N3O4S2. The van der Waals surface area contributed by atoms with Gasteiger partial charge in [-0.3, -0.25) is 9.59 Å². The number of ether oxygens (including phenoxy) is 2. The van der Waals surface area contributed by atoms with Crippen LogP contribution in [-0.2, 0) is 11.3 Å². The Morgan fingerprint density at radius 3 is 2.65 bits per heavy atom. The molecule has 0 saturated carbocycles. The molecule has 0 bridgehead atoms. The molecule has 2 amide bonds. The number of thiazole rings is 1. The summed E-state index contributed by atoms with van der Waals surface area (Å²) in [5, 5.41) is 6.01. The predicted molar refractivity (Wildman–Crippen MR) is 104 cm³/mol. The third-order valence-electron chi connectivity index (χ3n) is 3.50. The first-order valence-corrected chi connectivity index (χ1v) is 9.90. The maximum Gasteiger partial charge on any atom is 0.273 e. The number of thioether (sulfide) groups is 1. The van der Waals surface area contributed by atoms with Gasteiger partial charge in [0.15, 0.2) is 10.0 Å². The van der Waals surface area contributed by atoms with Crippen molar-refractivity contribution in [2.45, 2.75) is 24.2 Å². The molecule has 0 aliphatic carbocycles. The van der Waals surface area contributed by atoms with Crippen molar-refractivity contribution in [3.05, 3.63) is 29.5 Å². The lowest BCUT2D eigenvalue weighted by molar-refractivity contribution is -0.115. The first kappa shape index (κ1) is 20.1. The Morgan fingerprint density at radius 2 is 2.04 bits per heavy atom. The molecule has 26 heavy (non-hydrogen) atoms. The summed E-state index contributed by atoms with van der Waals surface area (Å²) < 4.78 is 11.2. The van der Waals surface area contributed by atoms with Gasteiger partial charge in [-0.15, -0.1) is 0 Å². The number of nitrogens with one attached hydrogen (secondary N) is 2. The van der Waals surface area contributed by atoms with E-state index >= 15 is 0 Å². The standard InChI is InChI=1S/C17H21N3O4S2/c1-5-13(21)19-16-14(20-17(25-4)26-16)15(22)18-9-10-6-7-11(23-2)8-12(10)24-3/h6-8H,5,9H2,1-4H3,(H,18,22)(H,19,21). The Balaban J connectivity index is 2.15. The number of hydrogen-bond donors (Lipinski definition) is 2. The number of hydrogen-bond acceptors (Lipinski definition) is 7. The average molecular weight is 396 g/mol. The van der Waals surface area contributed by atoms with E-state index in [0.717, 1.165) is 5.56 Å². The molecule has 0 spiro atoms. The third kappa shape index (κ3) is 4.89. The number of nitrogens with zero attached hydrogens (tertiary/aromatic N) is 1. The molecule has 0 saturated heterocycles. The van der Waals surface area contributed by atoms with Crippen molar-refractivity contribution in [3.63, 3.8) is 0 Å². The summed E-state index contributed by atoms with van der Waals surface area (Å²) in [4.78, 5) is 28.5. The number of anilines is 1. The van der Waals surface area contributed by atoms with Gasteiger partial charge >= 0.3 is 0 Å². The first-order chi connectivity index (χ1) is 12.5. The Morgan fingerprint density at radius 1 is 1.27 bits per heavy atom. The zero-order valence-electron chi connectivity index (χ0n) is 15.0. The zero-order valence-corrected chi connectivity index (χ0v) is 16.7. The van der Waals surface area contributed by atoms with E-state index in [0.29, 0.717) is 27.3 Å². The van der Waals surface area contributed by atoms with Crippen LogP contribution in [0.15, 0.2) is 22.5 Å². The summed E-state index contributed by atoms with van der Waals surface area (Å²) in [6.07, 6.45) is 2.20. The number of aromatic nitrogens is 1. The summed E-state index contributed by atoms with van der Waals surface area (Å²) in [6.45, 7) is 2.01. The Kier molecular flexibility index (Phi) is 7.28. The molecule has 0 aliphatic heterocycles. The van der Waals surface area contributed by atoms with Crippen molar-refractivity contribution in [1.29, 1.82) is 0 Å². The molecule has 0 radical (unpaired) electrons. The quantitative estimate of drug-likeness (QED) is 0.668. The SMILES string of the molecule is CCC(=O)Nc1sc(SC)nc1C(=O)NCc1ccc(OC)cc1OC. The van der Waals surface area contributed by atoms with Crippen molar-refractivity contribution in [1.82, 2.24) is 10.3 Å². The fourth-order valence-corrected chi connectivity index (χ4v) is 3.58. The number of carbonyl (C=O) groups is 2. The van der Waals surface area contributed by atoms with Crippen LogP contribution in [0.3, 0.4) is 0 Å². The second-order valence-electron chi connectivity index (χ2n) is 5.12. The van der Waals surface area contributed by atoms with Crippen LogP contribution in [0.5, 0.6) is 11.5 Å². The molecule has 9 heteroatoms. The van der Waals surface area contributed by atoms with Crippen molar-refractivity contribution < 1.29 is 19.1 Å². The molecule has 2 rings (SSSR count). The topological polar surface area (TPSA) is 89.6 Å². The molecule has 0 unspecified atom stereocenters. The predicted octanol–water partition coefficient (Wildman–Crippen LogP) is 3.16. The minimum Gasteiger partial charge on any atom is -0.497 e. The second-order valence-corrected chi connectivity index (χ2v) is 7.18. The van der Waals surface area contributed by atoms with Gasteiger partial charge in [0.1, 0.15) is 16.5 Å². The van der Waals surface area contributed by atoms with E-state index in [4.69, 9.17) is 9.47 Å². The van der Waals surface area contributed by atoms with E-state index in [9.17, 15) is 9.59 Å². The molecule has 0 aliphatic rings. The van der Waals surface area contributed by atoms with Crippen LogP contribution in [0.25, 0.3) is 0 Å². The van der Waals surface area contributed by atoms with Gasteiger partial charge in [-0.1, -0.05) is 30.0 Å². The minimum atomic E-state index is -0.356. The number of carbonyl (C=O) groups excluding carboxylic acids is 2. The maximum absolute atomic E-state index is 12.6. The molecule has 140 valence electrons. The van der Waals surface area contributed by atoms with Gasteiger partial charge in [0, 0.05) is 24.6 Å². The van der Waals surface area contributed by atoms with Crippen LogP contribution in [0.1, 0.15) is 29.4 Å². The summed E-state index contributed by atoms with van der Waals surface area (Å²) in [7, 11) is 3.14. The lowest BCUT2D eigenvalue weighted by Gasteiger charge is -2.11. The van der Waals surface area contributed by atoms with Crippen LogP contribution in [-0.4, -0.2) is 37.3 Å². The highest BCUT2D eigenvalue weighted by Gasteiger charge is 2.20. The number of rotatable bonds is 8. The number of methoxy groups -OCH3 is 2. The van der Waals surface area contributed by atoms with Crippen molar-refractivity contribution in [3.8, 4) is 11.5 Å². The Bertz CT molecular complexity index is 792. The van der Waals surface area contributed by atoms with E-state index in [1.165, 1.54) is 23.1 Å². The molecule has 7 nitrogen and oxygen atoms in total. The maximum atomic E-state index is 12.6. The van der Waals surface area contributed by atoms with Gasteiger partial charge in [0.2, 0.25) is 5.91 Å². The highest BCUT2D eigenvalue weighted by Crippen LogP contribution is 2.31. The molecule has 1 aromatic heterocycles. The third-order valence-corrected chi connectivity index (χ3v) is 5.46. The second kappa shape index (κ2) is 9.44. The van der Waals surface area contributed by atoms with E-state index in [1.54, 1.807) is 33.3 Å². The van der Waals surface area contributed by atoms with Crippen molar-refractivity contribution in [2.75, 3.05) is 25.8 Å². The average Bonchev–Trinajstić information content (AvgIpc) is 3.08. The van der Waals surface area contributed by atoms with Gasteiger partial charge in [0.25, 0.3) is 5.91 Å². The van der Waals surface area contributed by atoms with Crippen LogP contribution in [0.4, 0.5) is 5.00 Å². The molecule has 1 heterocycles. The highest BCUT2D eigenvalue weighted by atomic mass is 32.2. The lowest BCUT2D eigenvalue weighted by Crippen LogP contribution is -2.25. The van der Waals surface area contributed by atoms with Crippen molar-refractivity contribution in [2.24, 2.45) is 0 Å². The number of amides is 2. The van der Waals surface area contributed by atoms with Gasteiger partial charge in [-0.05, 0) is 18.4 Å². The smallest absolute Gasteiger partial charge is 0.273 e. The summed E-state index contributed by atoms with van der Waals surface area (Å²) in [6, 6.07) is 5.38. The summed E-state index contributed by atoms with van der Waals surface area (Å²) in [5.74, 6) is 0.774. The van der Waals surface area contributed by atoms with E-state index < -0.39 is 0 Å². The number of benzene rings is 1. The fourth-order valence-electron chi connectivity index (χ4n) is 2.10. The van der Waals surface area contributed by atoms with Gasteiger partial charge in [-0.2, -0.15) is 0 Å². The largest absolute Gasteiger partial charge is 0.497 e. The van der Waals surface area contributed by atoms with Crippen LogP contribution < -0.4 is 20.1 Å². The molecule has 0 atom stereocenters. The highest BCUT2D eigenvalue weighted by molar-refractivity contribution is 8.00. The van der Waals surface area contributed by atoms with E-state index in [-0.39, 0.29) is 24.1 Å². The van der Waals surface area contributed by atoms with Crippen molar-refractivity contribution >= 4 is 39.9 Å². The monoisotopic (exact) mass is 395 g/mol. The fraction of sp³-hybridized carbons (Fsp3) is 0.353. The molecule has 0 fully saturated rings. The van der Waals surface area contributed by atoms with E-state index in [2.05, 4.69) is 15.6 Å². The Labute approximate surface area is 160 Å². The van der Waals surface area contributed by atoms with Gasteiger partial charge in [0.05, 0.1) is 14.2 Å². The normalized spacial score (nSPS) is 10.3. The van der Waals surface area contributed by atoms with E-state index in [1.807, 2.05) is 12.3 Å². The lowest BCUT2D eigenvalue weighted by atomic mass is 10.2. The van der Waals surface area contributed by atoms with Gasteiger partial charge < -0.3 is 20.1 Å². The molecule has 2 N–H and O–H groups in total. The van der Waals surface area contributed by atoms with Crippen LogP contribution in [0, 0.1) is 0 Å².